The smallest absolute Gasteiger partial charge is 0.0622 e. The number of thioether (sulfide) groups is 1. The maximum atomic E-state index is 3.96. The summed E-state index contributed by atoms with van der Waals surface area (Å²) < 4.78 is 2.75. The second-order valence-corrected chi connectivity index (χ2v) is 4.93. The van der Waals surface area contributed by atoms with Crippen LogP contribution in [0.5, 0.6) is 0 Å². The molecule has 1 nitrogen and oxygen atoms in total. The SMILES string of the molecule is SN[CH]c1cccc(SCc2ccccc2)c1. The molecule has 3 heteroatoms. The molecule has 0 aliphatic carbocycles. The molecule has 0 fully saturated rings. The summed E-state index contributed by atoms with van der Waals surface area (Å²) in [5, 5.41) is 0. The third kappa shape index (κ3) is 4.11. The molecule has 0 atom stereocenters. The van der Waals surface area contributed by atoms with Gasteiger partial charge >= 0.3 is 0 Å². The lowest BCUT2D eigenvalue weighted by Crippen LogP contribution is -1.94. The van der Waals surface area contributed by atoms with Crippen molar-refractivity contribution in [3.63, 3.8) is 0 Å². The van der Waals surface area contributed by atoms with Crippen molar-refractivity contribution in [1.29, 1.82) is 0 Å². The molecule has 0 saturated heterocycles. The second-order valence-electron chi connectivity index (χ2n) is 3.62. The van der Waals surface area contributed by atoms with E-state index in [0.717, 1.165) is 11.3 Å². The summed E-state index contributed by atoms with van der Waals surface area (Å²) in [6, 6.07) is 18.9. The van der Waals surface area contributed by atoms with Gasteiger partial charge in [0.2, 0.25) is 0 Å². The molecule has 2 rings (SSSR count). The van der Waals surface area contributed by atoms with Crippen molar-refractivity contribution in [2.75, 3.05) is 0 Å². The van der Waals surface area contributed by atoms with Crippen molar-refractivity contribution in [3.8, 4) is 0 Å². The third-order valence-electron chi connectivity index (χ3n) is 2.34. The van der Waals surface area contributed by atoms with E-state index in [0.29, 0.717) is 0 Å². The summed E-state index contributed by atoms with van der Waals surface area (Å²) in [5.74, 6) is 0.999. The fourth-order valence-electron chi connectivity index (χ4n) is 1.51. The van der Waals surface area contributed by atoms with Gasteiger partial charge < -0.3 is 0 Å². The Bertz CT molecular complexity index is 457. The van der Waals surface area contributed by atoms with Crippen LogP contribution in [0.4, 0.5) is 0 Å². The highest BCUT2D eigenvalue weighted by Crippen LogP contribution is 2.23. The second kappa shape index (κ2) is 6.74. The Morgan fingerprint density at radius 3 is 2.65 bits per heavy atom. The summed E-state index contributed by atoms with van der Waals surface area (Å²) in [7, 11) is 0. The van der Waals surface area contributed by atoms with Gasteiger partial charge in [-0.2, -0.15) is 0 Å². The van der Waals surface area contributed by atoms with Crippen LogP contribution in [0.1, 0.15) is 11.1 Å². The minimum absolute atomic E-state index is 0.999. The van der Waals surface area contributed by atoms with Crippen LogP contribution in [0.15, 0.2) is 59.5 Å². The van der Waals surface area contributed by atoms with E-state index >= 15 is 0 Å². The highest BCUT2D eigenvalue weighted by molar-refractivity contribution is 7.98. The Labute approximate surface area is 112 Å². The first-order valence-electron chi connectivity index (χ1n) is 5.38. The van der Waals surface area contributed by atoms with Gasteiger partial charge in [0.05, 0.1) is 6.54 Å². The van der Waals surface area contributed by atoms with E-state index in [-0.39, 0.29) is 0 Å². The Morgan fingerprint density at radius 1 is 1.06 bits per heavy atom. The minimum Gasteiger partial charge on any atom is -0.257 e. The molecule has 1 radical (unpaired) electrons. The van der Waals surface area contributed by atoms with E-state index < -0.39 is 0 Å². The molecule has 0 heterocycles. The maximum Gasteiger partial charge on any atom is 0.0622 e. The van der Waals surface area contributed by atoms with Crippen LogP contribution in [0, 0.1) is 6.54 Å². The number of benzene rings is 2. The quantitative estimate of drug-likeness (QED) is 0.624. The Morgan fingerprint density at radius 2 is 1.88 bits per heavy atom. The molecule has 0 amide bonds. The third-order valence-corrected chi connectivity index (χ3v) is 3.53. The molecule has 0 saturated carbocycles. The summed E-state index contributed by atoms with van der Waals surface area (Å²) in [6.07, 6.45) is 0. The van der Waals surface area contributed by atoms with E-state index in [2.05, 4.69) is 66.1 Å². The minimum atomic E-state index is 0.999. The van der Waals surface area contributed by atoms with Crippen molar-refractivity contribution in [2.24, 2.45) is 0 Å². The first kappa shape index (κ1) is 12.6. The zero-order chi connectivity index (χ0) is 11.9. The predicted molar refractivity (Wildman–Crippen MR) is 78.0 cm³/mol. The number of hydrogen-bond donors (Lipinski definition) is 2. The largest absolute Gasteiger partial charge is 0.257 e. The molecule has 0 unspecified atom stereocenters. The summed E-state index contributed by atoms with van der Waals surface area (Å²) in [4.78, 5) is 1.27. The van der Waals surface area contributed by atoms with Crippen molar-refractivity contribution in [1.82, 2.24) is 4.72 Å². The van der Waals surface area contributed by atoms with Crippen molar-refractivity contribution < 1.29 is 0 Å². The molecule has 2 aromatic rings. The van der Waals surface area contributed by atoms with E-state index in [1.54, 1.807) is 0 Å². The summed E-state index contributed by atoms with van der Waals surface area (Å²) >= 11 is 5.80. The molecule has 2 aromatic carbocycles. The van der Waals surface area contributed by atoms with Gasteiger partial charge in [-0.3, -0.25) is 4.72 Å². The van der Waals surface area contributed by atoms with Crippen molar-refractivity contribution in [2.45, 2.75) is 10.6 Å². The highest BCUT2D eigenvalue weighted by atomic mass is 32.2. The van der Waals surface area contributed by atoms with Gasteiger partial charge in [-0.05, 0) is 23.3 Å². The van der Waals surface area contributed by atoms with Crippen LogP contribution >= 0.6 is 24.6 Å². The highest BCUT2D eigenvalue weighted by Gasteiger charge is 1.98. The average Bonchev–Trinajstić information content (AvgIpc) is 2.39. The van der Waals surface area contributed by atoms with Gasteiger partial charge in [0.15, 0.2) is 0 Å². The molecular weight excluding hydrogens is 246 g/mol. The normalized spacial score (nSPS) is 10.4. The van der Waals surface area contributed by atoms with E-state index in [4.69, 9.17) is 0 Å². The maximum absolute atomic E-state index is 3.96. The molecule has 0 bridgehead atoms. The lowest BCUT2D eigenvalue weighted by Gasteiger charge is -2.04. The first-order valence-corrected chi connectivity index (χ1v) is 6.81. The van der Waals surface area contributed by atoms with Crippen LogP contribution in [-0.4, -0.2) is 0 Å². The van der Waals surface area contributed by atoms with Gasteiger partial charge in [0.1, 0.15) is 0 Å². The zero-order valence-corrected chi connectivity index (χ0v) is 11.0. The molecule has 87 valence electrons. The van der Waals surface area contributed by atoms with Gasteiger partial charge in [0, 0.05) is 10.6 Å². The van der Waals surface area contributed by atoms with Gasteiger partial charge in [-0.25, -0.2) is 0 Å². The number of rotatable bonds is 5. The molecule has 1 N–H and O–H groups in total. The molecule has 0 spiro atoms. The molecule has 0 aliphatic rings. The number of hydrogen-bond acceptors (Lipinski definition) is 3. The van der Waals surface area contributed by atoms with Crippen LogP contribution in [0.3, 0.4) is 0 Å². The van der Waals surface area contributed by atoms with E-state index in [1.165, 1.54) is 10.5 Å². The van der Waals surface area contributed by atoms with Crippen molar-refractivity contribution in [3.05, 3.63) is 72.3 Å². The zero-order valence-electron chi connectivity index (χ0n) is 9.34. The lowest BCUT2D eigenvalue weighted by atomic mass is 10.2. The van der Waals surface area contributed by atoms with E-state index in [1.807, 2.05) is 24.4 Å². The van der Waals surface area contributed by atoms with Gasteiger partial charge in [0.25, 0.3) is 0 Å². The van der Waals surface area contributed by atoms with Crippen LogP contribution in [-0.2, 0) is 5.75 Å². The van der Waals surface area contributed by atoms with Crippen LogP contribution in [0.2, 0.25) is 0 Å². The monoisotopic (exact) mass is 260 g/mol. The topological polar surface area (TPSA) is 12.0 Å². The number of thiol groups is 1. The number of nitrogens with one attached hydrogen (secondary N) is 1. The first-order chi connectivity index (χ1) is 8.38. The lowest BCUT2D eigenvalue weighted by molar-refractivity contribution is 1.23. The Hall–Kier alpha value is -0.900. The fraction of sp³-hybridized carbons (Fsp3) is 0.0714. The Kier molecular flexibility index (Phi) is 4.98. The molecule has 17 heavy (non-hydrogen) atoms. The van der Waals surface area contributed by atoms with Crippen LogP contribution < -0.4 is 4.72 Å². The van der Waals surface area contributed by atoms with E-state index in [9.17, 15) is 0 Å². The molecule has 0 aliphatic heterocycles. The van der Waals surface area contributed by atoms with Crippen molar-refractivity contribution >= 4 is 24.6 Å². The molecule has 0 aromatic heterocycles. The summed E-state index contributed by atoms with van der Waals surface area (Å²) in [6.45, 7) is 1.87. The summed E-state index contributed by atoms with van der Waals surface area (Å²) in [5.41, 5.74) is 2.48. The Balaban J connectivity index is 1.97. The van der Waals surface area contributed by atoms with Gasteiger partial charge in [-0.15, -0.1) is 11.8 Å². The molecular formula is C14H14NS2. The van der Waals surface area contributed by atoms with Gasteiger partial charge in [-0.1, -0.05) is 55.3 Å². The van der Waals surface area contributed by atoms with Crippen LogP contribution in [0.25, 0.3) is 0 Å². The predicted octanol–water partition coefficient (Wildman–Crippen LogP) is 3.92. The average molecular weight is 260 g/mol. The fourth-order valence-corrected chi connectivity index (χ4v) is 2.58. The standard InChI is InChI=1S/C14H14NS2/c16-15-10-13-7-4-8-14(9-13)17-11-12-5-2-1-3-6-12/h1-10,15-16H,11H2.